The molecule has 0 spiro atoms. The fraction of sp³-hybridized carbons (Fsp3) is 0.409. The molecule has 1 aromatic carbocycles. The predicted octanol–water partition coefficient (Wildman–Crippen LogP) is 3.84. The van der Waals surface area contributed by atoms with E-state index in [1.54, 1.807) is 10.7 Å². The Morgan fingerprint density at radius 2 is 2.00 bits per heavy atom. The van der Waals surface area contributed by atoms with E-state index in [4.69, 9.17) is 0 Å². The first-order valence-electron chi connectivity index (χ1n) is 10.1. The van der Waals surface area contributed by atoms with E-state index in [1.165, 1.54) is 11.8 Å². The van der Waals surface area contributed by atoms with Gasteiger partial charge in [-0.3, -0.25) is 4.79 Å². The van der Waals surface area contributed by atoms with Gasteiger partial charge in [-0.2, -0.15) is 5.10 Å². The molecule has 3 heterocycles. The van der Waals surface area contributed by atoms with E-state index >= 15 is 0 Å². The molecule has 1 aliphatic rings. The Morgan fingerprint density at radius 3 is 2.86 bits per heavy atom. The molecule has 0 radical (unpaired) electrons. The average molecular weight is 377 g/mol. The molecule has 6 nitrogen and oxygen atoms in total. The van der Waals surface area contributed by atoms with E-state index in [1.807, 2.05) is 44.3 Å². The fourth-order valence-electron chi connectivity index (χ4n) is 3.93. The first-order chi connectivity index (χ1) is 13.6. The van der Waals surface area contributed by atoms with Crippen LogP contribution in [0.4, 0.5) is 11.6 Å². The summed E-state index contributed by atoms with van der Waals surface area (Å²) in [6.07, 6.45) is 5.30. The van der Waals surface area contributed by atoms with Crippen molar-refractivity contribution >= 4 is 22.4 Å². The Balaban J connectivity index is 1.56. The first-order valence-corrected chi connectivity index (χ1v) is 10.1. The highest BCUT2D eigenvalue weighted by Gasteiger charge is 2.24. The number of nitrogens with zero attached hydrogens (tertiary/aromatic N) is 4. The van der Waals surface area contributed by atoms with Crippen molar-refractivity contribution < 1.29 is 0 Å². The summed E-state index contributed by atoms with van der Waals surface area (Å²) in [6.45, 7) is 5.72. The summed E-state index contributed by atoms with van der Waals surface area (Å²) >= 11 is 0. The maximum atomic E-state index is 12.1. The van der Waals surface area contributed by atoms with Gasteiger partial charge in [-0.1, -0.05) is 24.3 Å². The number of anilines is 2. The van der Waals surface area contributed by atoms with Gasteiger partial charge in [0.15, 0.2) is 0 Å². The summed E-state index contributed by atoms with van der Waals surface area (Å²) in [5.74, 6) is 1.80. The zero-order chi connectivity index (χ0) is 19.5. The number of piperidine rings is 1. The van der Waals surface area contributed by atoms with Gasteiger partial charge in [0.05, 0.1) is 6.04 Å². The third kappa shape index (κ3) is 3.72. The Bertz CT molecular complexity index is 1010. The van der Waals surface area contributed by atoms with Crippen molar-refractivity contribution in [2.24, 2.45) is 0 Å². The zero-order valence-corrected chi connectivity index (χ0v) is 16.5. The van der Waals surface area contributed by atoms with Crippen LogP contribution < -0.4 is 15.8 Å². The zero-order valence-electron chi connectivity index (χ0n) is 16.5. The lowest BCUT2D eigenvalue weighted by molar-refractivity contribution is 0.451. The van der Waals surface area contributed by atoms with Gasteiger partial charge in [0.2, 0.25) is 0 Å². The van der Waals surface area contributed by atoms with E-state index in [2.05, 4.69) is 32.4 Å². The van der Waals surface area contributed by atoms with E-state index < -0.39 is 0 Å². The van der Waals surface area contributed by atoms with Crippen LogP contribution in [0.15, 0.2) is 53.5 Å². The van der Waals surface area contributed by atoms with Crippen molar-refractivity contribution in [3.05, 3.63) is 59.0 Å². The Kier molecular flexibility index (Phi) is 5.28. The number of benzene rings is 1. The molecular weight excluding hydrogens is 350 g/mol. The summed E-state index contributed by atoms with van der Waals surface area (Å²) < 4.78 is 1.57. The number of fused-ring (bicyclic) bond motifs is 1. The molecule has 0 bridgehead atoms. The van der Waals surface area contributed by atoms with Crippen molar-refractivity contribution in [2.75, 3.05) is 23.3 Å². The van der Waals surface area contributed by atoms with Crippen LogP contribution in [0.3, 0.4) is 0 Å². The van der Waals surface area contributed by atoms with Crippen molar-refractivity contribution in [1.82, 2.24) is 14.8 Å². The highest BCUT2D eigenvalue weighted by atomic mass is 16.1. The van der Waals surface area contributed by atoms with Gasteiger partial charge >= 0.3 is 0 Å². The maximum Gasteiger partial charge on any atom is 0.267 e. The van der Waals surface area contributed by atoms with Crippen LogP contribution in [0, 0.1) is 0 Å². The van der Waals surface area contributed by atoms with Crippen LogP contribution in [-0.2, 0) is 0 Å². The predicted molar refractivity (Wildman–Crippen MR) is 114 cm³/mol. The molecule has 0 aliphatic carbocycles. The van der Waals surface area contributed by atoms with Gasteiger partial charge in [0.1, 0.15) is 11.6 Å². The molecule has 1 aliphatic heterocycles. The SMILES string of the molecule is CC(C)n1nc(N2CCCCC2CNc2nccc3ccccc23)ccc1=O. The number of hydrogen-bond donors (Lipinski definition) is 1. The summed E-state index contributed by atoms with van der Waals surface area (Å²) in [5, 5.41) is 10.5. The molecule has 28 heavy (non-hydrogen) atoms. The lowest BCUT2D eigenvalue weighted by atomic mass is 10.0. The lowest BCUT2D eigenvalue weighted by Gasteiger charge is -2.37. The molecule has 1 N–H and O–H groups in total. The number of pyridine rings is 1. The van der Waals surface area contributed by atoms with Crippen LogP contribution in [0.25, 0.3) is 10.8 Å². The second-order valence-corrected chi connectivity index (χ2v) is 7.67. The minimum Gasteiger partial charge on any atom is -0.367 e. The molecule has 146 valence electrons. The van der Waals surface area contributed by atoms with Gasteiger partial charge < -0.3 is 10.2 Å². The molecule has 1 saturated heterocycles. The minimum atomic E-state index is -0.0506. The largest absolute Gasteiger partial charge is 0.367 e. The lowest BCUT2D eigenvalue weighted by Crippen LogP contribution is -2.45. The molecule has 6 heteroatoms. The Hall–Kier alpha value is -2.89. The van der Waals surface area contributed by atoms with Crippen LogP contribution >= 0.6 is 0 Å². The van der Waals surface area contributed by atoms with Crippen molar-refractivity contribution in [1.29, 1.82) is 0 Å². The molecule has 1 unspecified atom stereocenters. The Morgan fingerprint density at radius 1 is 1.14 bits per heavy atom. The normalized spacial score (nSPS) is 17.2. The number of hydrogen-bond acceptors (Lipinski definition) is 5. The van der Waals surface area contributed by atoms with Gasteiger partial charge in [0.25, 0.3) is 5.56 Å². The number of nitrogens with one attached hydrogen (secondary N) is 1. The van der Waals surface area contributed by atoms with Crippen molar-refractivity contribution in [3.8, 4) is 0 Å². The van der Waals surface area contributed by atoms with Crippen LogP contribution in [0.2, 0.25) is 0 Å². The van der Waals surface area contributed by atoms with Crippen molar-refractivity contribution in [3.63, 3.8) is 0 Å². The topological polar surface area (TPSA) is 63.1 Å². The minimum absolute atomic E-state index is 0.0497. The van der Waals surface area contributed by atoms with Gasteiger partial charge in [-0.25, -0.2) is 9.67 Å². The molecule has 4 rings (SSSR count). The third-order valence-electron chi connectivity index (χ3n) is 5.40. The summed E-state index contributed by atoms with van der Waals surface area (Å²) in [5.41, 5.74) is -0.0506. The smallest absolute Gasteiger partial charge is 0.267 e. The van der Waals surface area contributed by atoms with E-state index in [-0.39, 0.29) is 11.6 Å². The van der Waals surface area contributed by atoms with Crippen LogP contribution in [0.5, 0.6) is 0 Å². The van der Waals surface area contributed by atoms with Gasteiger partial charge in [0, 0.05) is 36.8 Å². The van der Waals surface area contributed by atoms with Crippen LogP contribution in [-0.4, -0.2) is 33.9 Å². The summed E-state index contributed by atoms with van der Waals surface area (Å²) in [7, 11) is 0. The van der Waals surface area contributed by atoms with Gasteiger partial charge in [-0.15, -0.1) is 0 Å². The number of aromatic nitrogens is 3. The molecule has 0 amide bonds. The molecule has 1 fully saturated rings. The van der Waals surface area contributed by atoms with E-state index in [0.717, 1.165) is 43.0 Å². The molecular formula is C22H27N5O. The standard InChI is InChI=1S/C22H27N5O/c1-16(2)27-21(28)11-10-20(25-27)26-14-6-5-8-18(26)15-24-22-19-9-4-3-7-17(19)12-13-23-22/h3-4,7,9-13,16,18H,5-6,8,14-15H2,1-2H3,(H,23,24). The third-order valence-corrected chi connectivity index (χ3v) is 5.40. The summed E-state index contributed by atoms with van der Waals surface area (Å²) in [6, 6.07) is 14.2. The average Bonchev–Trinajstić information content (AvgIpc) is 2.72. The second-order valence-electron chi connectivity index (χ2n) is 7.67. The van der Waals surface area contributed by atoms with Gasteiger partial charge in [-0.05, 0) is 50.6 Å². The van der Waals surface area contributed by atoms with E-state index in [0.29, 0.717) is 6.04 Å². The molecule has 3 aromatic rings. The fourth-order valence-corrected chi connectivity index (χ4v) is 3.93. The van der Waals surface area contributed by atoms with E-state index in [9.17, 15) is 4.79 Å². The second kappa shape index (κ2) is 8.00. The monoisotopic (exact) mass is 377 g/mol. The highest BCUT2D eigenvalue weighted by Crippen LogP contribution is 2.25. The highest BCUT2D eigenvalue weighted by molar-refractivity contribution is 5.91. The van der Waals surface area contributed by atoms with Crippen molar-refractivity contribution in [2.45, 2.75) is 45.2 Å². The summed E-state index contributed by atoms with van der Waals surface area (Å²) in [4.78, 5) is 19.0. The van der Waals surface area contributed by atoms with Crippen LogP contribution in [0.1, 0.15) is 39.2 Å². The quantitative estimate of drug-likeness (QED) is 0.732. The first kappa shape index (κ1) is 18.5. The molecule has 1 atom stereocenters. The maximum absolute atomic E-state index is 12.1. The molecule has 0 saturated carbocycles. The Labute approximate surface area is 165 Å². The number of rotatable bonds is 5. The molecule has 2 aromatic heterocycles.